The number of carbonyl (C=O) groups is 1. The highest BCUT2D eigenvalue weighted by Gasteiger charge is 2.15. The number of aryl methyl sites for hydroxylation is 1. The van der Waals surface area contributed by atoms with Gasteiger partial charge in [-0.1, -0.05) is 54.6 Å². The van der Waals surface area contributed by atoms with Crippen LogP contribution in [0.25, 0.3) is 10.2 Å². The molecule has 32 heavy (non-hydrogen) atoms. The van der Waals surface area contributed by atoms with Crippen molar-refractivity contribution in [1.29, 1.82) is 0 Å². The molecule has 0 aliphatic carbocycles. The van der Waals surface area contributed by atoms with Crippen molar-refractivity contribution in [3.8, 4) is 0 Å². The van der Waals surface area contributed by atoms with E-state index < -0.39 is 0 Å². The van der Waals surface area contributed by atoms with Gasteiger partial charge in [-0.3, -0.25) is 18.7 Å². The number of hydrogen-bond donors (Lipinski definition) is 1. The first-order chi connectivity index (χ1) is 15.5. The molecule has 0 fully saturated rings. The molecule has 4 rings (SSSR count). The lowest BCUT2D eigenvalue weighted by Crippen LogP contribution is -2.40. The number of fused-ring (bicyclic) bond motifs is 1. The Morgan fingerprint density at radius 3 is 2.50 bits per heavy atom. The highest BCUT2D eigenvalue weighted by atomic mass is 32.1. The summed E-state index contributed by atoms with van der Waals surface area (Å²) in [6.45, 7) is 3.08. The summed E-state index contributed by atoms with van der Waals surface area (Å²) >= 11 is 1.34. The minimum Gasteiger partial charge on any atom is -0.352 e. The quantitative estimate of drug-likeness (QED) is 0.448. The van der Waals surface area contributed by atoms with Gasteiger partial charge in [0.25, 0.3) is 5.56 Å². The third-order valence-corrected chi connectivity index (χ3v) is 6.44. The lowest BCUT2D eigenvalue weighted by Gasteiger charge is -2.13. The average molecular weight is 448 g/mol. The van der Waals surface area contributed by atoms with E-state index in [4.69, 9.17) is 0 Å². The Hall–Kier alpha value is -3.45. The number of benzene rings is 2. The number of thiophene rings is 1. The van der Waals surface area contributed by atoms with Crippen LogP contribution in [0.4, 0.5) is 0 Å². The highest BCUT2D eigenvalue weighted by Crippen LogP contribution is 2.17. The second kappa shape index (κ2) is 9.78. The Bertz CT molecular complexity index is 1350. The van der Waals surface area contributed by atoms with Crippen LogP contribution in [0.5, 0.6) is 0 Å². The van der Waals surface area contributed by atoms with Crippen LogP contribution in [0.15, 0.2) is 75.6 Å². The van der Waals surface area contributed by atoms with Gasteiger partial charge in [-0.15, -0.1) is 11.3 Å². The normalized spacial score (nSPS) is 11.0. The fraction of sp³-hybridized carbons (Fsp3) is 0.240. The van der Waals surface area contributed by atoms with E-state index >= 15 is 0 Å². The number of nitrogens with zero attached hydrogens (tertiary/aromatic N) is 2. The average Bonchev–Trinajstić information content (AvgIpc) is 3.29. The van der Waals surface area contributed by atoms with E-state index in [1.165, 1.54) is 15.9 Å². The number of carbonyl (C=O) groups excluding carboxylic acids is 1. The number of amides is 1. The summed E-state index contributed by atoms with van der Waals surface area (Å²) in [5.41, 5.74) is 3.19. The molecule has 0 bridgehead atoms. The predicted octanol–water partition coefficient (Wildman–Crippen LogP) is 3.68. The molecule has 164 valence electrons. The largest absolute Gasteiger partial charge is 0.352 e. The van der Waals surface area contributed by atoms with Crippen LogP contribution in [0.3, 0.4) is 0 Å². The maximum absolute atomic E-state index is 13.2. The van der Waals surface area contributed by atoms with Crippen LogP contribution >= 0.6 is 11.3 Å². The molecule has 0 saturated carbocycles. The molecule has 0 atom stereocenters. The molecular weight excluding hydrogens is 422 g/mol. The first-order valence-corrected chi connectivity index (χ1v) is 11.5. The number of aromatic nitrogens is 2. The summed E-state index contributed by atoms with van der Waals surface area (Å²) in [4.78, 5) is 38.4. The van der Waals surface area contributed by atoms with Crippen LogP contribution in [0, 0.1) is 6.92 Å². The first kappa shape index (κ1) is 21.8. The van der Waals surface area contributed by atoms with Crippen LogP contribution in [0.1, 0.15) is 29.5 Å². The van der Waals surface area contributed by atoms with E-state index in [0.29, 0.717) is 29.7 Å². The molecule has 2 aromatic heterocycles. The SMILES string of the molecule is Cc1ccccc1Cn1c(=O)n(CCCC(=O)NCc2ccccc2)c(=O)c2sccc21. The molecule has 0 spiro atoms. The molecule has 6 nitrogen and oxygen atoms in total. The molecule has 0 saturated heterocycles. The Morgan fingerprint density at radius 2 is 1.72 bits per heavy atom. The van der Waals surface area contributed by atoms with Gasteiger partial charge < -0.3 is 5.32 Å². The number of nitrogens with one attached hydrogen (secondary N) is 1. The second-order valence-electron chi connectivity index (χ2n) is 7.75. The van der Waals surface area contributed by atoms with Crippen LogP contribution in [-0.2, 0) is 24.4 Å². The molecule has 4 aromatic rings. The summed E-state index contributed by atoms with van der Waals surface area (Å²) in [5, 5.41) is 4.72. The minimum atomic E-state index is -0.339. The van der Waals surface area contributed by atoms with Crippen molar-refractivity contribution in [3.05, 3.63) is 104 Å². The van der Waals surface area contributed by atoms with Crippen molar-refractivity contribution < 1.29 is 4.79 Å². The molecule has 7 heteroatoms. The molecule has 0 unspecified atom stereocenters. The smallest absolute Gasteiger partial charge is 0.331 e. The molecule has 0 aliphatic heterocycles. The maximum Gasteiger partial charge on any atom is 0.331 e. The van der Waals surface area contributed by atoms with Crippen molar-refractivity contribution in [2.45, 2.75) is 39.4 Å². The van der Waals surface area contributed by atoms with E-state index in [0.717, 1.165) is 16.7 Å². The van der Waals surface area contributed by atoms with Gasteiger partial charge in [0, 0.05) is 19.5 Å². The van der Waals surface area contributed by atoms with Crippen molar-refractivity contribution in [1.82, 2.24) is 14.5 Å². The van der Waals surface area contributed by atoms with Gasteiger partial charge in [-0.25, -0.2) is 4.79 Å². The summed E-state index contributed by atoms with van der Waals surface area (Å²) in [6.07, 6.45) is 0.663. The molecule has 0 radical (unpaired) electrons. The lowest BCUT2D eigenvalue weighted by molar-refractivity contribution is -0.121. The topological polar surface area (TPSA) is 73.1 Å². The van der Waals surface area contributed by atoms with Crippen LogP contribution < -0.4 is 16.6 Å². The fourth-order valence-electron chi connectivity index (χ4n) is 3.72. The molecule has 1 N–H and O–H groups in total. The van der Waals surface area contributed by atoms with E-state index in [9.17, 15) is 14.4 Å². The van der Waals surface area contributed by atoms with Crippen molar-refractivity contribution in [2.24, 2.45) is 0 Å². The maximum atomic E-state index is 13.2. The highest BCUT2D eigenvalue weighted by molar-refractivity contribution is 7.17. The van der Waals surface area contributed by atoms with Gasteiger partial charge in [0.1, 0.15) is 4.70 Å². The zero-order chi connectivity index (χ0) is 22.5. The lowest BCUT2D eigenvalue weighted by atomic mass is 10.1. The van der Waals surface area contributed by atoms with Crippen molar-refractivity contribution in [3.63, 3.8) is 0 Å². The zero-order valence-corrected chi connectivity index (χ0v) is 18.7. The van der Waals surface area contributed by atoms with Gasteiger partial charge >= 0.3 is 5.69 Å². The summed E-state index contributed by atoms with van der Waals surface area (Å²) in [5.74, 6) is -0.0978. The summed E-state index contributed by atoms with van der Waals surface area (Å²) in [7, 11) is 0. The third kappa shape index (κ3) is 4.73. The van der Waals surface area contributed by atoms with Gasteiger partial charge in [0.05, 0.1) is 12.1 Å². The summed E-state index contributed by atoms with van der Waals surface area (Å²) < 4.78 is 3.49. The number of rotatable bonds is 8. The Morgan fingerprint density at radius 1 is 0.969 bits per heavy atom. The van der Waals surface area contributed by atoms with Crippen molar-refractivity contribution in [2.75, 3.05) is 0 Å². The molecule has 2 heterocycles. The van der Waals surface area contributed by atoms with E-state index in [-0.39, 0.29) is 30.1 Å². The third-order valence-electron chi connectivity index (χ3n) is 5.54. The zero-order valence-electron chi connectivity index (χ0n) is 17.9. The molecule has 2 aromatic carbocycles. The Balaban J connectivity index is 1.50. The molecule has 0 aliphatic rings. The van der Waals surface area contributed by atoms with Crippen molar-refractivity contribution >= 4 is 27.5 Å². The second-order valence-corrected chi connectivity index (χ2v) is 8.67. The number of hydrogen-bond acceptors (Lipinski definition) is 4. The standard InChI is InChI=1S/C25H25N3O3S/c1-18-8-5-6-11-20(18)17-28-21-13-15-32-23(21)24(30)27(25(28)31)14-7-12-22(29)26-16-19-9-3-2-4-10-19/h2-6,8-11,13,15H,7,12,14,16-17H2,1H3,(H,26,29). The van der Waals surface area contributed by atoms with E-state index in [1.807, 2.05) is 73.0 Å². The Labute approximate surface area is 189 Å². The fourth-order valence-corrected chi connectivity index (χ4v) is 4.57. The first-order valence-electron chi connectivity index (χ1n) is 10.6. The Kier molecular flexibility index (Phi) is 6.66. The molecule has 1 amide bonds. The minimum absolute atomic E-state index is 0.0978. The van der Waals surface area contributed by atoms with Gasteiger partial charge in [-0.05, 0) is 41.5 Å². The molecular formula is C25H25N3O3S. The van der Waals surface area contributed by atoms with E-state index in [1.54, 1.807) is 4.57 Å². The van der Waals surface area contributed by atoms with E-state index in [2.05, 4.69) is 5.32 Å². The van der Waals surface area contributed by atoms with Gasteiger partial charge in [-0.2, -0.15) is 0 Å². The monoisotopic (exact) mass is 447 g/mol. The van der Waals surface area contributed by atoms with Gasteiger partial charge in [0.2, 0.25) is 5.91 Å². The predicted molar refractivity (Wildman–Crippen MR) is 128 cm³/mol. The van der Waals surface area contributed by atoms with Crippen LogP contribution in [0.2, 0.25) is 0 Å². The summed E-state index contributed by atoms with van der Waals surface area (Å²) in [6, 6.07) is 19.4. The van der Waals surface area contributed by atoms with Crippen LogP contribution in [-0.4, -0.2) is 15.0 Å². The van der Waals surface area contributed by atoms with Gasteiger partial charge in [0.15, 0.2) is 0 Å².